The fourth-order valence-electron chi connectivity index (χ4n) is 10.7. The maximum Gasteiger partial charge on any atom is 0.237 e. The number of aliphatic hydroxyl groups is 1. The van der Waals surface area contributed by atoms with Gasteiger partial charge < -0.3 is 9.53 Å². The van der Waals surface area contributed by atoms with Gasteiger partial charge in [-0.2, -0.15) is 0 Å². The van der Waals surface area contributed by atoms with Crippen LogP contribution < -0.4 is 4.72 Å². The maximum atomic E-state index is 16.0. The van der Waals surface area contributed by atoms with Crippen LogP contribution in [-0.2, 0) is 19.2 Å². The molecule has 0 heterocycles. The van der Waals surface area contributed by atoms with Crippen molar-refractivity contribution in [2.24, 2.45) is 52.3 Å². The van der Waals surface area contributed by atoms with Crippen molar-refractivity contribution in [3.63, 3.8) is 0 Å². The molecule has 0 aromatic carbocycles. The molecule has 5 rings (SSSR count). The predicted octanol–water partition coefficient (Wildman–Crippen LogP) is 6.45. The summed E-state index contributed by atoms with van der Waals surface area (Å²) in [5.41, 5.74) is 0.00242. The third kappa shape index (κ3) is 5.72. The summed E-state index contributed by atoms with van der Waals surface area (Å²) >= 11 is 0. The normalized spacial score (nSPS) is 45.3. The minimum Gasteiger partial charge on any atom is -0.414 e. The molecule has 2 N–H and O–H groups in total. The lowest BCUT2D eigenvalue weighted by Crippen LogP contribution is -2.66. The van der Waals surface area contributed by atoms with Gasteiger partial charge in [-0.05, 0) is 124 Å². The van der Waals surface area contributed by atoms with Crippen LogP contribution in [0.5, 0.6) is 0 Å². The SMILES string of the molecule is CC[C@@H]1[C@@H]2[C@@H](F)[C@H](O)CC[C@]2(C)C2CC[C@@]3(C)C(CCC3[C@H](C)CCC(=O)NS(=O)(=O)C3CC3)C2[C@@H]1O[Si](C)(C)C. The Morgan fingerprint density at radius 1 is 1.05 bits per heavy atom. The Bertz CT molecular complexity index is 1090. The molecule has 0 spiro atoms. The third-order valence-electron chi connectivity index (χ3n) is 12.7. The molecule has 5 fully saturated rings. The van der Waals surface area contributed by atoms with Crippen LogP contribution >= 0.6 is 0 Å². The zero-order valence-corrected chi connectivity index (χ0v) is 28.3. The lowest BCUT2D eigenvalue weighted by Gasteiger charge is -2.66. The zero-order valence-electron chi connectivity index (χ0n) is 26.5. The van der Waals surface area contributed by atoms with Gasteiger partial charge in [0.05, 0.1) is 17.5 Å². The third-order valence-corrected chi connectivity index (χ3v) is 15.5. The fourth-order valence-corrected chi connectivity index (χ4v) is 13.2. The number of amides is 1. The Morgan fingerprint density at radius 3 is 2.29 bits per heavy atom. The molecule has 4 unspecified atom stereocenters. The molecule has 9 heteroatoms. The van der Waals surface area contributed by atoms with Gasteiger partial charge in [0.1, 0.15) is 6.17 Å². The van der Waals surface area contributed by atoms with E-state index in [0.29, 0.717) is 55.3 Å². The second-order valence-corrected chi connectivity index (χ2v) is 22.6. The minimum atomic E-state index is -3.50. The number of hydrogen-bond donors (Lipinski definition) is 2. The van der Waals surface area contributed by atoms with Crippen LogP contribution in [0.4, 0.5) is 4.39 Å². The fraction of sp³-hybridized carbons (Fsp3) is 0.969. The van der Waals surface area contributed by atoms with E-state index in [-0.39, 0.29) is 46.3 Å². The highest BCUT2D eigenvalue weighted by molar-refractivity contribution is 7.90. The standard InChI is InChI=1S/C32H56FNO5SSi/c1-8-21-28-29(33)25(35)16-18-32(28,4)24-15-17-31(3)22(12-13-23(31)27(24)30(21)39-41(5,6)7)19(2)9-14-26(36)34-40(37,38)20-10-11-20/h19-25,27-30,35H,8-18H2,1-7H3,(H,34,36)/t19-,21-,22?,23?,24?,25-,27?,28-,29+,30-,31-,32-/m1/s1. The van der Waals surface area contributed by atoms with Crippen molar-refractivity contribution in [2.75, 3.05) is 0 Å². The molecule has 0 aromatic rings. The first-order valence-corrected chi connectivity index (χ1v) is 21.5. The molecule has 0 aromatic heterocycles. The molecular weight excluding hydrogens is 558 g/mol. The first kappa shape index (κ1) is 31.9. The van der Waals surface area contributed by atoms with E-state index in [9.17, 15) is 18.3 Å². The average Bonchev–Trinajstić information content (AvgIpc) is 3.68. The molecule has 6 nitrogen and oxygen atoms in total. The second kappa shape index (κ2) is 11.1. The van der Waals surface area contributed by atoms with Crippen molar-refractivity contribution >= 4 is 24.2 Å². The number of nitrogens with one attached hydrogen (secondary N) is 1. The second-order valence-electron chi connectivity index (χ2n) is 16.2. The lowest BCUT2D eigenvalue weighted by molar-refractivity contribution is -0.218. The molecule has 236 valence electrons. The van der Waals surface area contributed by atoms with Crippen molar-refractivity contribution in [3.05, 3.63) is 0 Å². The molecule has 12 atom stereocenters. The largest absolute Gasteiger partial charge is 0.414 e. The van der Waals surface area contributed by atoms with Gasteiger partial charge in [0.2, 0.25) is 15.9 Å². The van der Waals surface area contributed by atoms with Crippen LogP contribution in [0.3, 0.4) is 0 Å². The maximum absolute atomic E-state index is 16.0. The number of aliphatic hydroxyl groups excluding tert-OH is 1. The number of sulfonamides is 1. The molecule has 0 radical (unpaired) electrons. The van der Waals surface area contributed by atoms with Crippen LogP contribution in [0.15, 0.2) is 0 Å². The van der Waals surface area contributed by atoms with E-state index in [4.69, 9.17) is 4.43 Å². The highest BCUT2D eigenvalue weighted by Gasteiger charge is 2.67. The zero-order chi connectivity index (χ0) is 30.1. The number of rotatable bonds is 9. The van der Waals surface area contributed by atoms with Crippen LogP contribution in [0, 0.1) is 52.3 Å². The number of halogens is 1. The number of carbonyl (C=O) groups excluding carboxylic acids is 1. The Hall–Kier alpha value is -0.513. The van der Waals surface area contributed by atoms with Crippen molar-refractivity contribution < 1.29 is 27.1 Å². The lowest BCUT2D eigenvalue weighted by atomic mass is 9.41. The van der Waals surface area contributed by atoms with Gasteiger partial charge in [-0.3, -0.25) is 9.52 Å². The van der Waals surface area contributed by atoms with Crippen LogP contribution in [0.25, 0.3) is 0 Å². The molecule has 5 aliphatic carbocycles. The van der Waals surface area contributed by atoms with Gasteiger partial charge in [0.15, 0.2) is 8.32 Å². The highest BCUT2D eigenvalue weighted by atomic mass is 32.2. The summed E-state index contributed by atoms with van der Waals surface area (Å²) in [6, 6.07) is 0. The van der Waals surface area contributed by atoms with Crippen molar-refractivity contribution in [1.29, 1.82) is 0 Å². The number of alkyl halides is 1. The summed E-state index contributed by atoms with van der Waals surface area (Å²) < 4.78 is 49.9. The van der Waals surface area contributed by atoms with Crippen molar-refractivity contribution in [2.45, 2.75) is 142 Å². The molecule has 5 saturated carbocycles. The van der Waals surface area contributed by atoms with E-state index < -0.39 is 30.6 Å². The molecule has 1 amide bonds. The Morgan fingerprint density at radius 2 is 1.68 bits per heavy atom. The van der Waals surface area contributed by atoms with E-state index in [1.807, 2.05) is 0 Å². The van der Waals surface area contributed by atoms with E-state index in [1.54, 1.807) is 0 Å². The Labute approximate surface area is 249 Å². The van der Waals surface area contributed by atoms with E-state index in [2.05, 4.69) is 52.1 Å². The molecule has 5 aliphatic rings. The summed E-state index contributed by atoms with van der Waals surface area (Å²) in [7, 11) is -5.44. The summed E-state index contributed by atoms with van der Waals surface area (Å²) in [6.07, 6.45) is 6.95. The minimum absolute atomic E-state index is 0.0235. The van der Waals surface area contributed by atoms with Gasteiger partial charge in [-0.1, -0.05) is 34.1 Å². The first-order chi connectivity index (χ1) is 19.0. The van der Waals surface area contributed by atoms with Crippen LogP contribution in [0.1, 0.15) is 98.3 Å². The summed E-state index contributed by atoms with van der Waals surface area (Å²) in [5.74, 6) is 1.65. The van der Waals surface area contributed by atoms with Crippen LogP contribution in [-0.4, -0.2) is 51.4 Å². The van der Waals surface area contributed by atoms with E-state index >= 15 is 4.39 Å². The molecule has 0 bridgehead atoms. The molecule has 41 heavy (non-hydrogen) atoms. The van der Waals surface area contributed by atoms with E-state index in [1.165, 1.54) is 0 Å². The van der Waals surface area contributed by atoms with Gasteiger partial charge in [0, 0.05) is 12.3 Å². The predicted molar refractivity (Wildman–Crippen MR) is 163 cm³/mol. The smallest absolute Gasteiger partial charge is 0.237 e. The van der Waals surface area contributed by atoms with Crippen molar-refractivity contribution in [1.82, 2.24) is 4.72 Å². The van der Waals surface area contributed by atoms with E-state index in [0.717, 1.165) is 38.5 Å². The van der Waals surface area contributed by atoms with Gasteiger partial charge in [0.25, 0.3) is 0 Å². The van der Waals surface area contributed by atoms with Crippen molar-refractivity contribution in [3.8, 4) is 0 Å². The highest BCUT2D eigenvalue weighted by Crippen LogP contribution is 2.70. The summed E-state index contributed by atoms with van der Waals surface area (Å²) in [4.78, 5) is 12.6. The quantitative estimate of drug-likeness (QED) is 0.292. The van der Waals surface area contributed by atoms with Crippen LogP contribution in [0.2, 0.25) is 19.6 Å². The number of carbonyl (C=O) groups is 1. The monoisotopic (exact) mass is 613 g/mol. The molecule has 0 aliphatic heterocycles. The first-order valence-electron chi connectivity index (χ1n) is 16.6. The Kier molecular flexibility index (Phi) is 8.66. The molecule has 0 saturated heterocycles. The Balaban J connectivity index is 1.38. The van der Waals surface area contributed by atoms with Gasteiger partial charge in [-0.15, -0.1) is 0 Å². The summed E-state index contributed by atoms with van der Waals surface area (Å²) in [5, 5.41) is 10.3. The van der Waals surface area contributed by atoms with Gasteiger partial charge >= 0.3 is 0 Å². The summed E-state index contributed by atoms with van der Waals surface area (Å²) in [6.45, 7) is 16.0. The van der Waals surface area contributed by atoms with Gasteiger partial charge in [-0.25, -0.2) is 12.8 Å². The number of fused-ring (bicyclic) bond motifs is 5. The average molecular weight is 614 g/mol. The number of hydrogen-bond acceptors (Lipinski definition) is 5. The molecular formula is C32H56FNO5SSi. The topological polar surface area (TPSA) is 92.7 Å².